The van der Waals surface area contributed by atoms with Crippen LogP contribution in [0, 0.1) is 0 Å². The maximum absolute atomic E-state index is 12.2. The maximum atomic E-state index is 12.2. The van der Waals surface area contributed by atoms with Crippen LogP contribution < -0.4 is 15.4 Å². The van der Waals surface area contributed by atoms with Crippen LogP contribution >= 0.6 is 0 Å². The standard InChI is InChI=1S/C20H21N5O2/c1-14(2)27-18-5-3-17(4-6-18)25-20-23-12-16(13-24-20)19(26)22-11-15-7-9-21-10-8-15/h3-10,12-14H,11H2,1-2H3,(H,22,26)(H,23,24,25). The molecule has 0 unspecified atom stereocenters. The topological polar surface area (TPSA) is 89.0 Å². The van der Waals surface area contributed by atoms with Crippen molar-refractivity contribution in [2.75, 3.05) is 5.32 Å². The fourth-order valence-electron chi connectivity index (χ4n) is 2.31. The van der Waals surface area contributed by atoms with Crippen LogP contribution in [0.5, 0.6) is 5.75 Å². The number of anilines is 2. The Kier molecular flexibility index (Phi) is 5.94. The molecule has 0 aliphatic carbocycles. The number of nitrogens with one attached hydrogen (secondary N) is 2. The molecule has 2 heterocycles. The van der Waals surface area contributed by atoms with E-state index in [9.17, 15) is 4.79 Å². The predicted octanol–water partition coefficient (Wildman–Crippen LogP) is 3.33. The molecule has 0 saturated carbocycles. The van der Waals surface area contributed by atoms with Gasteiger partial charge in [0.2, 0.25) is 5.95 Å². The van der Waals surface area contributed by atoms with E-state index in [0.717, 1.165) is 17.0 Å². The molecule has 27 heavy (non-hydrogen) atoms. The molecule has 138 valence electrons. The van der Waals surface area contributed by atoms with Gasteiger partial charge in [0.1, 0.15) is 5.75 Å². The summed E-state index contributed by atoms with van der Waals surface area (Å²) in [6.07, 6.45) is 6.49. The van der Waals surface area contributed by atoms with Crippen molar-refractivity contribution in [3.05, 3.63) is 72.3 Å². The third-order valence-electron chi connectivity index (χ3n) is 3.60. The van der Waals surface area contributed by atoms with E-state index in [1.165, 1.54) is 12.4 Å². The van der Waals surface area contributed by atoms with Crippen LogP contribution in [0.4, 0.5) is 11.6 Å². The molecule has 1 amide bonds. The molecular weight excluding hydrogens is 342 g/mol. The Morgan fingerprint density at radius 2 is 1.70 bits per heavy atom. The third-order valence-corrected chi connectivity index (χ3v) is 3.60. The smallest absolute Gasteiger partial charge is 0.254 e. The summed E-state index contributed by atoms with van der Waals surface area (Å²) in [7, 11) is 0. The van der Waals surface area contributed by atoms with E-state index in [2.05, 4.69) is 25.6 Å². The average molecular weight is 363 g/mol. The first-order chi connectivity index (χ1) is 13.1. The molecule has 2 aromatic heterocycles. The fraction of sp³-hybridized carbons (Fsp3) is 0.200. The lowest BCUT2D eigenvalue weighted by atomic mass is 10.2. The highest BCUT2D eigenvalue weighted by atomic mass is 16.5. The lowest BCUT2D eigenvalue weighted by Gasteiger charge is -2.10. The zero-order chi connectivity index (χ0) is 19.1. The van der Waals surface area contributed by atoms with Crippen LogP contribution in [0.2, 0.25) is 0 Å². The van der Waals surface area contributed by atoms with Crippen molar-refractivity contribution in [3.8, 4) is 5.75 Å². The zero-order valence-corrected chi connectivity index (χ0v) is 15.2. The summed E-state index contributed by atoms with van der Waals surface area (Å²) in [5.74, 6) is 0.990. The van der Waals surface area contributed by atoms with Crippen LogP contribution in [0.3, 0.4) is 0 Å². The summed E-state index contributed by atoms with van der Waals surface area (Å²) in [4.78, 5) is 24.5. The van der Waals surface area contributed by atoms with Gasteiger partial charge in [-0.3, -0.25) is 9.78 Å². The molecule has 0 radical (unpaired) electrons. The van der Waals surface area contributed by atoms with Crippen molar-refractivity contribution in [2.45, 2.75) is 26.5 Å². The molecule has 0 fully saturated rings. The molecule has 0 bridgehead atoms. The van der Waals surface area contributed by atoms with Crippen LogP contribution in [-0.4, -0.2) is 27.0 Å². The van der Waals surface area contributed by atoms with Crippen molar-refractivity contribution < 1.29 is 9.53 Å². The molecule has 3 aromatic rings. The van der Waals surface area contributed by atoms with Gasteiger partial charge in [0, 0.05) is 37.0 Å². The van der Waals surface area contributed by atoms with Gasteiger partial charge >= 0.3 is 0 Å². The Hall–Kier alpha value is -3.48. The first kappa shape index (κ1) is 18.3. The molecule has 7 nitrogen and oxygen atoms in total. The zero-order valence-electron chi connectivity index (χ0n) is 15.2. The van der Waals surface area contributed by atoms with Crippen LogP contribution in [0.25, 0.3) is 0 Å². The van der Waals surface area contributed by atoms with Gasteiger partial charge in [0.25, 0.3) is 5.91 Å². The molecule has 3 rings (SSSR count). The predicted molar refractivity (Wildman–Crippen MR) is 103 cm³/mol. The van der Waals surface area contributed by atoms with E-state index in [1.807, 2.05) is 50.2 Å². The summed E-state index contributed by atoms with van der Waals surface area (Å²) in [5, 5.41) is 5.92. The minimum atomic E-state index is -0.228. The molecular formula is C20H21N5O2. The van der Waals surface area contributed by atoms with Gasteiger partial charge in [-0.25, -0.2) is 9.97 Å². The van der Waals surface area contributed by atoms with Crippen LogP contribution in [0.15, 0.2) is 61.2 Å². The SMILES string of the molecule is CC(C)Oc1ccc(Nc2ncc(C(=O)NCc3ccncc3)cn2)cc1. The van der Waals surface area contributed by atoms with Gasteiger partial charge in [0.15, 0.2) is 0 Å². The number of hydrogen-bond donors (Lipinski definition) is 2. The largest absolute Gasteiger partial charge is 0.491 e. The van der Waals surface area contributed by atoms with Gasteiger partial charge < -0.3 is 15.4 Å². The Morgan fingerprint density at radius 3 is 2.33 bits per heavy atom. The Morgan fingerprint density at radius 1 is 1.04 bits per heavy atom. The summed E-state index contributed by atoms with van der Waals surface area (Å²) in [6.45, 7) is 4.38. The Bertz CT molecular complexity index is 865. The van der Waals surface area contributed by atoms with E-state index in [4.69, 9.17) is 4.74 Å². The number of benzene rings is 1. The minimum Gasteiger partial charge on any atom is -0.491 e. The first-order valence-corrected chi connectivity index (χ1v) is 8.63. The molecule has 0 atom stereocenters. The van der Waals surface area contributed by atoms with E-state index >= 15 is 0 Å². The number of pyridine rings is 1. The number of nitrogens with zero attached hydrogens (tertiary/aromatic N) is 3. The summed E-state index contributed by atoms with van der Waals surface area (Å²) < 4.78 is 5.61. The van der Waals surface area contributed by atoms with Gasteiger partial charge in [0.05, 0.1) is 11.7 Å². The molecule has 1 aromatic carbocycles. The number of rotatable bonds is 7. The fourth-order valence-corrected chi connectivity index (χ4v) is 2.31. The molecule has 0 aliphatic heterocycles. The molecule has 0 aliphatic rings. The number of amides is 1. The minimum absolute atomic E-state index is 0.129. The van der Waals surface area contributed by atoms with Crippen molar-refractivity contribution in [3.63, 3.8) is 0 Å². The second-order valence-electron chi connectivity index (χ2n) is 6.15. The monoisotopic (exact) mass is 363 g/mol. The van der Waals surface area contributed by atoms with Crippen molar-refractivity contribution >= 4 is 17.5 Å². The Labute approximate surface area is 157 Å². The molecule has 2 N–H and O–H groups in total. The highest BCUT2D eigenvalue weighted by molar-refractivity contribution is 5.93. The van der Waals surface area contributed by atoms with E-state index < -0.39 is 0 Å². The molecule has 7 heteroatoms. The number of carbonyl (C=O) groups is 1. The second kappa shape index (κ2) is 8.75. The quantitative estimate of drug-likeness (QED) is 0.669. The average Bonchev–Trinajstić information content (AvgIpc) is 2.69. The van der Waals surface area contributed by atoms with Crippen LogP contribution in [0.1, 0.15) is 29.8 Å². The van der Waals surface area contributed by atoms with Gasteiger partial charge in [-0.05, 0) is 55.8 Å². The third kappa shape index (κ3) is 5.50. The maximum Gasteiger partial charge on any atom is 0.254 e. The van der Waals surface area contributed by atoms with Gasteiger partial charge in [-0.1, -0.05) is 0 Å². The van der Waals surface area contributed by atoms with E-state index in [0.29, 0.717) is 18.1 Å². The summed E-state index contributed by atoms with van der Waals surface area (Å²) in [5.41, 5.74) is 2.21. The van der Waals surface area contributed by atoms with Crippen LogP contribution in [-0.2, 0) is 6.54 Å². The van der Waals surface area contributed by atoms with E-state index in [-0.39, 0.29) is 12.0 Å². The first-order valence-electron chi connectivity index (χ1n) is 8.63. The van der Waals surface area contributed by atoms with Crippen molar-refractivity contribution in [2.24, 2.45) is 0 Å². The van der Waals surface area contributed by atoms with Crippen molar-refractivity contribution in [1.82, 2.24) is 20.3 Å². The Balaban J connectivity index is 1.55. The van der Waals surface area contributed by atoms with Crippen molar-refractivity contribution in [1.29, 1.82) is 0 Å². The van der Waals surface area contributed by atoms with Gasteiger partial charge in [-0.2, -0.15) is 0 Å². The van der Waals surface area contributed by atoms with E-state index in [1.54, 1.807) is 12.4 Å². The number of carbonyl (C=O) groups excluding carboxylic acids is 1. The lowest BCUT2D eigenvalue weighted by Crippen LogP contribution is -2.23. The molecule has 0 saturated heterocycles. The number of hydrogen-bond acceptors (Lipinski definition) is 6. The summed E-state index contributed by atoms with van der Waals surface area (Å²) in [6, 6.07) is 11.2. The summed E-state index contributed by atoms with van der Waals surface area (Å²) >= 11 is 0. The number of ether oxygens (including phenoxy) is 1. The highest BCUT2D eigenvalue weighted by Gasteiger charge is 2.07. The normalized spacial score (nSPS) is 10.5. The number of aromatic nitrogens is 3. The lowest BCUT2D eigenvalue weighted by molar-refractivity contribution is 0.0950. The highest BCUT2D eigenvalue weighted by Crippen LogP contribution is 2.19. The van der Waals surface area contributed by atoms with Gasteiger partial charge in [-0.15, -0.1) is 0 Å². The molecule has 0 spiro atoms. The second-order valence-corrected chi connectivity index (χ2v) is 6.15.